The second kappa shape index (κ2) is 6.31. The van der Waals surface area contributed by atoms with Crippen LogP contribution < -0.4 is 4.72 Å². The van der Waals surface area contributed by atoms with Crippen LogP contribution in [0.15, 0.2) is 18.2 Å². The average molecular weight is 367 g/mol. The summed E-state index contributed by atoms with van der Waals surface area (Å²) in [7, 11) is -3.74. The number of rotatable bonds is 4. The molecule has 0 spiro atoms. The number of sulfonamides is 1. The second-order valence-corrected chi connectivity index (χ2v) is 9.82. The highest BCUT2D eigenvalue weighted by Gasteiger charge is 2.34. The van der Waals surface area contributed by atoms with E-state index in [4.69, 9.17) is 0 Å². The zero-order chi connectivity index (χ0) is 19.1. The summed E-state index contributed by atoms with van der Waals surface area (Å²) in [5.41, 5.74) is -2.22. The van der Waals surface area contributed by atoms with E-state index in [1.807, 2.05) is 0 Å². The normalized spacial score (nSPS) is 15.4. The number of halogens is 3. The van der Waals surface area contributed by atoms with Gasteiger partial charge >= 0.3 is 6.18 Å². The lowest BCUT2D eigenvalue weighted by Gasteiger charge is -2.26. The molecule has 0 aliphatic heterocycles. The lowest BCUT2D eigenvalue weighted by molar-refractivity contribution is -0.137. The average Bonchev–Trinajstić information content (AvgIpc) is 2.34. The van der Waals surface area contributed by atoms with Crippen molar-refractivity contribution < 1.29 is 26.7 Å². The summed E-state index contributed by atoms with van der Waals surface area (Å²) in [4.78, 5) is 0. The summed E-state index contributed by atoms with van der Waals surface area (Å²) < 4.78 is 65.1. The molecule has 0 amide bonds. The lowest BCUT2D eigenvalue weighted by Crippen LogP contribution is -2.40. The van der Waals surface area contributed by atoms with Crippen LogP contribution in [0.3, 0.4) is 0 Å². The van der Waals surface area contributed by atoms with Gasteiger partial charge in [0.2, 0.25) is 10.0 Å². The molecule has 24 heavy (non-hydrogen) atoms. The number of hydrogen-bond acceptors (Lipinski definition) is 3. The highest BCUT2D eigenvalue weighted by atomic mass is 32.2. The molecule has 2 N–H and O–H groups in total. The molecule has 0 bridgehead atoms. The Morgan fingerprint density at radius 2 is 1.46 bits per heavy atom. The monoisotopic (exact) mass is 367 g/mol. The molecule has 0 aromatic heterocycles. The molecule has 1 aromatic carbocycles. The highest BCUT2D eigenvalue weighted by Crippen LogP contribution is 2.35. The van der Waals surface area contributed by atoms with Gasteiger partial charge in [0.05, 0.1) is 15.9 Å². The van der Waals surface area contributed by atoms with E-state index >= 15 is 0 Å². The fraction of sp³-hybridized carbons (Fsp3) is 0.625. The van der Waals surface area contributed by atoms with E-state index in [1.54, 1.807) is 0 Å². The Balaban J connectivity index is 3.38. The van der Waals surface area contributed by atoms with Crippen molar-refractivity contribution in [2.24, 2.45) is 0 Å². The SMILES string of the molecule is CC(NS(=O)(=O)C(C)(C)C)c1cc(C(C)(C)O)cc(C(F)(F)F)c1. The molecule has 1 rings (SSSR count). The Morgan fingerprint density at radius 1 is 1.00 bits per heavy atom. The molecule has 0 aliphatic carbocycles. The van der Waals surface area contributed by atoms with E-state index in [2.05, 4.69) is 4.72 Å². The van der Waals surface area contributed by atoms with Crippen LogP contribution in [-0.2, 0) is 21.8 Å². The third kappa shape index (κ3) is 4.94. The summed E-state index contributed by atoms with van der Waals surface area (Å²) in [5.74, 6) is 0. The van der Waals surface area contributed by atoms with Gasteiger partial charge in [-0.05, 0) is 64.8 Å². The number of aliphatic hydroxyl groups is 1. The minimum atomic E-state index is -4.60. The minimum absolute atomic E-state index is 0.0640. The van der Waals surface area contributed by atoms with Crippen molar-refractivity contribution in [1.29, 1.82) is 0 Å². The van der Waals surface area contributed by atoms with Crippen molar-refractivity contribution in [3.8, 4) is 0 Å². The van der Waals surface area contributed by atoms with Gasteiger partial charge in [-0.1, -0.05) is 6.07 Å². The predicted octanol–water partition coefficient (Wildman–Crippen LogP) is 3.71. The number of nitrogens with one attached hydrogen (secondary N) is 1. The maximum atomic E-state index is 13.1. The van der Waals surface area contributed by atoms with Gasteiger partial charge in [0, 0.05) is 6.04 Å². The summed E-state index contributed by atoms with van der Waals surface area (Å²) in [6.45, 7) is 8.70. The van der Waals surface area contributed by atoms with Crippen LogP contribution in [0.1, 0.15) is 64.3 Å². The van der Waals surface area contributed by atoms with Crippen LogP contribution in [0, 0.1) is 0 Å². The largest absolute Gasteiger partial charge is 0.416 e. The Hall–Kier alpha value is -1.12. The smallest absolute Gasteiger partial charge is 0.386 e. The van der Waals surface area contributed by atoms with E-state index in [0.29, 0.717) is 0 Å². The standard InChI is InChI=1S/C16H24F3NO3S/c1-10(20-24(22,23)14(2,3)4)11-7-12(15(5,6)21)9-13(8-11)16(17,18)19/h7-10,20-21H,1-6H3. The molecule has 0 saturated carbocycles. The topological polar surface area (TPSA) is 66.4 Å². The van der Waals surface area contributed by atoms with E-state index in [0.717, 1.165) is 12.1 Å². The van der Waals surface area contributed by atoms with Crippen LogP contribution in [0.5, 0.6) is 0 Å². The van der Waals surface area contributed by atoms with E-state index < -0.39 is 38.2 Å². The van der Waals surface area contributed by atoms with Crippen molar-refractivity contribution in [2.75, 3.05) is 0 Å². The fourth-order valence-corrected chi connectivity index (χ4v) is 2.85. The molecule has 1 unspecified atom stereocenters. The second-order valence-electron chi connectivity index (χ2n) is 7.36. The molecule has 138 valence electrons. The Bertz CT molecular complexity index is 666. The van der Waals surface area contributed by atoms with Gasteiger partial charge in [0.15, 0.2) is 0 Å². The third-order valence-electron chi connectivity index (χ3n) is 3.63. The van der Waals surface area contributed by atoms with Gasteiger partial charge < -0.3 is 5.11 Å². The van der Waals surface area contributed by atoms with Gasteiger partial charge in [0.25, 0.3) is 0 Å². The van der Waals surface area contributed by atoms with Gasteiger partial charge in [-0.25, -0.2) is 13.1 Å². The fourth-order valence-electron chi connectivity index (χ4n) is 1.90. The first-order valence-electron chi connectivity index (χ1n) is 7.42. The summed E-state index contributed by atoms with van der Waals surface area (Å²) in [6, 6.07) is 2.27. The summed E-state index contributed by atoms with van der Waals surface area (Å²) in [5, 5.41) is 10.0. The highest BCUT2D eigenvalue weighted by molar-refractivity contribution is 7.90. The van der Waals surface area contributed by atoms with Crippen LogP contribution in [0.4, 0.5) is 13.2 Å². The molecule has 4 nitrogen and oxygen atoms in total. The van der Waals surface area contributed by atoms with Crippen LogP contribution >= 0.6 is 0 Å². The van der Waals surface area contributed by atoms with Gasteiger partial charge in [0.1, 0.15) is 0 Å². The molecule has 8 heteroatoms. The first kappa shape index (κ1) is 20.9. The van der Waals surface area contributed by atoms with Gasteiger partial charge in [-0.3, -0.25) is 0 Å². The van der Waals surface area contributed by atoms with Crippen LogP contribution in [-0.4, -0.2) is 18.3 Å². The van der Waals surface area contributed by atoms with Gasteiger partial charge in [-0.15, -0.1) is 0 Å². The number of hydrogen-bond donors (Lipinski definition) is 2. The molecule has 0 heterocycles. The van der Waals surface area contributed by atoms with Crippen molar-refractivity contribution in [2.45, 2.75) is 64.1 Å². The van der Waals surface area contributed by atoms with Crippen molar-refractivity contribution in [1.82, 2.24) is 4.72 Å². The number of alkyl halides is 3. The van der Waals surface area contributed by atoms with Crippen LogP contribution in [0.25, 0.3) is 0 Å². The molecule has 0 saturated heterocycles. The maximum absolute atomic E-state index is 13.1. The van der Waals surface area contributed by atoms with E-state index in [-0.39, 0.29) is 11.1 Å². The van der Waals surface area contributed by atoms with Gasteiger partial charge in [-0.2, -0.15) is 13.2 Å². The van der Waals surface area contributed by atoms with Crippen molar-refractivity contribution in [3.05, 3.63) is 34.9 Å². The summed E-state index contributed by atoms with van der Waals surface area (Å²) >= 11 is 0. The molecule has 0 aliphatic rings. The van der Waals surface area contributed by atoms with E-state index in [9.17, 15) is 26.7 Å². The molecular weight excluding hydrogens is 343 g/mol. The first-order valence-corrected chi connectivity index (χ1v) is 8.90. The molecular formula is C16H24F3NO3S. The van der Waals surface area contributed by atoms with Crippen molar-refractivity contribution in [3.63, 3.8) is 0 Å². The lowest BCUT2D eigenvalue weighted by atomic mass is 9.92. The van der Waals surface area contributed by atoms with E-state index in [1.165, 1.54) is 47.6 Å². The van der Waals surface area contributed by atoms with Crippen LogP contribution in [0.2, 0.25) is 0 Å². The first-order chi connectivity index (χ1) is 10.4. The number of benzene rings is 1. The molecule has 0 radical (unpaired) electrons. The Kier molecular flexibility index (Phi) is 5.50. The third-order valence-corrected chi connectivity index (χ3v) is 5.90. The molecule has 1 aromatic rings. The predicted molar refractivity (Wildman–Crippen MR) is 86.9 cm³/mol. The van der Waals surface area contributed by atoms with Crippen molar-refractivity contribution >= 4 is 10.0 Å². The molecule has 0 fully saturated rings. The molecule has 1 atom stereocenters. The minimum Gasteiger partial charge on any atom is -0.386 e. The maximum Gasteiger partial charge on any atom is 0.416 e. The zero-order valence-electron chi connectivity index (χ0n) is 14.6. The Labute approximate surface area is 141 Å². The Morgan fingerprint density at radius 3 is 1.83 bits per heavy atom. The zero-order valence-corrected chi connectivity index (χ0v) is 15.4. The quantitative estimate of drug-likeness (QED) is 0.852. The summed E-state index contributed by atoms with van der Waals surface area (Å²) in [6.07, 6.45) is -4.60.